The molecular weight excluding hydrogens is 270 g/mol. The second kappa shape index (κ2) is 7.91. The topological polar surface area (TPSA) is 29.1 Å². The van der Waals surface area contributed by atoms with Gasteiger partial charge in [-0.2, -0.15) is 0 Å². The van der Waals surface area contributed by atoms with Crippen LogP contribution in [-0.4, -0.2) is 5.91 Å². The Labute approximate surface area is 126 Å². The van der Waals surface area contributed by atoms with Crippen LogP contribution >= 0.6 is 11.6 Å². The molecule has 0 saturated carbocycles. The molecule has 0 aliphatic heterocycles. The molecule has 2 nitrogen and oxygen atoms in total. The number of hydrogen-bond donors (Lipinski definition) is 1. The van der Waals surface area contributed by atoms with Crippen molar-refractivity contribution in [3.63, 3.8) is 0 Å². The second-order valence-corrected chi connectivity index (χ2v) is 5.11. The highest BCUT2D eigenvalue weighted by atomic mass is 35.5. The van der Waals surface area contributed by atoms with Crippen LogP contribution in [0.2, 0.25) is 5.02 Å². The Morgan fingerprint density at radius 2 is 1.80 bits per heavy atom. The van der Waals surface area contributed by atoms with Gasteiger partial charge in [0.2, 0.25) is 5.91 Å². The van der Waals surface area contributed by atoms with Gasteiger partial charge in [0.15, 0.2) is 0 Å². The molecule has 0 spiro atoms. The van der Waals surface area contributed by atoms with Crippen molar-refractivity contribution in [2.24, 2.45) is 0 Å². The van der Waals surface area contributed by atoms with Crippen LogP contribution in [0.15, 0.2) is 48.6 Å². The summed E-state index contributed by atoms with van der Waals surface area (Å²) in [5, 5.41) is 3.82. The standard InChI is InChI=1S/C17H22ClNO/c1-4-7-8-9-16(20)19-17(5-2,6-3)14-10-12-15(18)13-11-14/h4,7-13H,5-6H2,1-3H3,(H,19,20). The number of allylic oxidation sites excluding steroid dienone is 3. The maximum atomic E-state index is 12.0. The van der Waals surface area contributed by atoms with E-state index in [1.165, 1.54) is 0 Å². The number of carbonyl (C=O) groups is 1. The van der Waals surface area contributed by atoms with Gasteiger partial charge in [-0.1, -0.05) is 55.8 Å². The van der Waals surface area contributed by atoms with Gasteiger partial charge in [0.05, 0.1) is 5.54 Å². The molecule has 0 aliphatic carbocycles. The van der Waals surface area contributed by atoms with Crippen molar-refractivity contribution in [3.8, 4) is 0 Å². The molecule has 1 amide bonds. The van der Waals surface area contributed by atoms with E-state index in [0.29, 0.717) is 5.02 Å². The van der Waals surface area contributed by atoms with Crippen molar-refractivity contribution < 1.29 is 4.79 Å². The molecule has 0 unspecified atom stereocenters. The summed E-state index contributed by atoms with van der Waals surface area (Å²) in [7, 11) is 0. The molecule has 0 fully saturated rings. The van der Waals surface area contributed by atoms with Crippen molar-refractivity contribution in [2.45, 2.75) is 39.2 Å². The number of amides is 1. The number of nitrogens with one attached hydrogen (secondary N) is 1. The van der Waals surface area contributed by atoms with Crippen LogP contribution in [0.25, 0.3) is 0 Å². The van der Waals surface area contributed by atoms with Crippen LogP contribution in [-0.2, 0) is 10.3 Å². The van der Waals surface area contributed by atoms with E-state index in [2.05, 4.69) is 19.2 Å². The molecule has 0 saturated heterocycles. The third-order valence-corrected chi connectivity index (χ3v) is 3.77. The van der Waals surface area contributed by atoms with Gasteiger partial charge in [-0.05, 0) is 37.5 Å². The number of benzene rings is 1. The van der Waals surface area contributed by atoms with E-state index in [1.54, 1.807) is 12.2 Å². The van der Waals surface area contributed by atoms with Gasteiger partial charge in [-0.15, -0.1) is 0 Å². The van der Waals surface area contributed by atoms with Crippen LogP contribution in [0.1, 0.15) is 39.2 Å². The quantitative estimate of drug-likeness (QED) is 0.602. The average Bonchev–Trinajstić information content (AvgIpc) is 2.46. The molecule has 0 heterocycles. The molecule has 1 aromatic rings. The van der Waals surface area contributed by atoms with Gasteiger partial charge in [0, 0.05) is 11.1 Å². The maximum Gasteiger partial charge on any atom is 0.244 e. The van der Waals surface area contributed by atoms with Gasteiger partial charge in [0.25, 0.3) is 0 Å². The molecule has 3 heteroatoms. The first-order chi connectivity index (χ1) is 9.57. The SMILES string of the molecule is CC=CC=CC(=O)NC(CC)(CC)c1ccc(Cl)cc1. The molecule has 20 heavy (non-hydrogen) atoms. The second-order valence-electron chi connectivity index (χ2n) is 4.67. The largest absolute Gasteiger partial charge is 0.343 e. The van der Waals surface area contributed by atoms with E-state index in [9.17, 15) is 4.79 Å². The van der Waals surface area contributed by atoms with Crippen molar-refractivity contribution in [2.75, 3.05) is 0 Å². The highest BCUT2D eigenvalue weighted by Gasteiger charge is 2.29. The lowest BCUT2D eigenvalue weighted by molar-refractivity contribution is -0.118. The molecule has 0 bridgehead atoms. The summed E-state index contributed by atoms with van der Waals surface area (Å²) < 4.78 is 0. The molecule has 108 valence electrons. The number of carbonyl (C=O) groups excluding carboxylic acids is 1. The minimum absolute atomic E-state index is 0.0817. The number of rotatable bonds is 6. The number of hydrogen-bond acceptors (Lipinski definition) is 1. The first kappa shape index (κ1) is 16.5. The van der Waals surface area contributed by atoms with Gasteiger partial charge in [0.1, 0.15) is 0 Å². The van der Waals surface area contributed by atoms with Crippen LogP contribution in [0.5, 0.6) is 0 Å². The van der Waals surface area contributed by atoms with Gasteiger partial charge < -0.3 is 5.32 Å². The summed E-state index contributed by atoms with van der Waals surface area (Å²) in [6.45, 7) is 6.07. The van der Waals surface area contributed by atoms with Gasteiger partial charge >= 0.3 is 0 Å². The zero-order valence-corrected chi connectivity index (χ0v) is 13.1. The summed E-state index contributed by atoms with van der Waals surface area (Å²) >= 11 is 5.93. The van der Waals surface area contributed by atoms with Gasteiger partial charge in [-0.25, -0.2) is 0 Å². The molecule has 0 atom stereocenters. The Hall–Kier alpha value is -1.54. The third-order valence-electron chi connectivity index (χ3n) is 3.52. The minimum Gasteiger partial charge on any atom is -0.343 e. The fourth-order valence-corrected chi connectivity index (χ4v) is 2.33. The maximum absolute atomic E-state index is 12.0. The Morgan fingerprint density at radius 1 is 1.20 bits per heavy atom. The summed E-state index contributed by atoms with van der Waals surface area (Å²) in [4.78, 5) is 12.0. The van der Waals surface area contributed by atoms with E-state index < -0.39 is 0 Å². The highest BCUT2D eigenvalue weighted by molar-refractivity contribution is 6.30. The molecule has 1 rings (SSSR count). The van der Waals surface area contributed by atoms with Crippen molar-refractivity contribution in [3.05, 3.63) is 59.2 Å². The third kappa shape index (κ3) is 4.24. The molecule has 0 radical (unpaired) electrons. The predicted octanol–water partition coefficient (Wildman–Crippen LogP) is 4.60. The Balaban J connectivity index is 2.97. The minimum atomic E-state index is -0.345. The van der Waals surface area contributed by atoms with Crippen LogP contribution in [0.4, 0.5) is 0 Å². The van der Waals surface area contributed by atoms with Crippen molar-refractivity contribution in [1.29, 1.82) is 0 Å². The fourth-order valence-electron chi connectivity index (χ4n) is 2.21. The lowest BCUT2D eigenvalue weighted by atomic mass is 9.84. The van der Waals surface area contributed by atoms with Crippen molar-refractivity contribution >= 4 is 17.5 Å². The first-order valence-electron chi connectivity index (χ1n) is 6.95. The zero-order chi connectivity index (χ0) is 15.0. The van der Waals surface area contributed by atoms with Crippen LogP contribution in [0, 0.1) is 0 Å². The van der Waals surface area contributed by atoms with E-state index in [-0.39, 0.29) is 11.4 Å². The monoisotopic (exact) mass is 291 g/mol. The lowest BCUT2D eigenvalue weighted by Crippen LogP contribution is -2.44. The van der Waals surface area contributed by atoms with Gasteiger partial charge in [-0.3, -0.25) is 4.79 Å². The summed E-state index contributed by atoms with van der Waals surface area (Å²) in [6, 6.07) is 7.67. The summed E-state index contributed by atoms with van der Waals surface area (Å²) in [5.74, 6) is -0.0817. The molecule has 1 N–H and O–H groups in total. The summed E-state index contributed by atoms with van der Waals surface area (Å²) in [5.41, 5.74) is 0.738. The normalized spacial score (nSPS) is 12.2. The molecule has 0 aliphatic rings. The zero-order valence-electron chi connectivity index (χ0n) is 12.3. The van der Waals surface area contributed by atoms with E-state index in [4.69, 9.17) is 11.6 Å². The molecule has 1 aromatic carbocycles. The predicted molar refractivity (Wildman–Crippen MR) is 85.8 cm³/mol. The molecular formula is C17H22ClNO. The summed E-state index contributed by atoms with van der Waals surface area (Å²) in [6.07, 6.45) is 8.67. The highest BCUT2D eigenvalue weighted by Crippen LogP contribution is 2.29. The Bertz CT molecular complexity index is 484. The first-order valence-corrected chi connectivity index (χ1v) is 7.33. The van der Waals surface area contributed by atoms with E-state index in [1.807, 2.05) is 43.3 Å². The average molecular weight is 292 g/mol. The van der Waals surface area contributed by atoms with Crippen LogP contribution < -0.4 is 5.32 Å². The van der Waals surface area contributed by atoms with Crippen LogP contribution in [0.3, 0.4) is 0 Å². The Kier molecular flexibility index (Phi) is 6.53. The smallest absolute Gasteiger partial charge is 0.244 e. The lowest BCUT2D eigenvalue weighted by Gasteiger charge is -2.33. The van der Waals surface area contributed by atoms with Crippen molar-refractivity contribution in [1.82, 2.24) is 5.32 Å². The molecule has 0 aromatic heterocycles. The van der Waals surface area contributed by atoms with E-state index >= 15 is 0 Å². The number of halogens is 1. The Morgan fingerprint density at radius 3 is 2.30 bits per heavy atom. The fraction of sp³-hybridized carbons (Fsp3) is 0.353. The van der Waals surface area contributed by atoms with E-state index in [0.717, 1.165) is 18.4 Å².